The van der Waals surface area contributed by atoms with Gasteiger partial charge in [0, 0.05) is 0 Å². The maximum Gasteiger partial charge on any atom is 0.291 e. The van der Waals surface area contributed by atoms with Crippen LogP contribution in [-0.4, -0.2) is 10.5 Å². The molecule has 2 aromatic rings. The third kappa shape index (κ3) is 2.59. The van der Waals surface area contributed by atoms with Crippen LogP contribution >= 0.6 is 0 Å². The molecule has 0 N–H and O–H groups in total. The summed E-state index contributed by atoms with van der Waals surface area (Å²) in [6, 6.07) is 9.78. The Hall–Kier alpha value is -2.10. The van der Waals surface area contributed by atoms with Crippen LogP contribution in [0.15, 0.2) is 47.7 Å². The quantitative estimate of drug-likeness (QED) is 0.441. The highest BCUT2D eigenvalue weighted by Gasteiger charge is 2.12. The van der Waals surface area contributed by atoms with E-state index >= 15 is 0 Å². The molecule has 1 heterocycles. The lowest BCUT2D eigenvalue weighted by Gasteiger charge is -2.08. The summed E-state index contributed by atoms with van der Waals surface area (Å²) >= 11 is 0. The second-order valence-corrected chi connectivity index (χ2v) is 4.13. The van der Waals surface area contributed by atoms with Crippen molar-refractivity contribution in [3.63, 3.8) is 0 Å². The Morgan fingerprint density at radius 1 is 1.33 bits per heavy atom. The van der Waals surface area contributed by atoms with Crippen LogP contribution in [0.1, 0.15) is 18.3 Å². The van der Waals surface area contributed by atoms with Crippen LogP contribution < -0.4 is 9.67 Å². The van der Waals surface area contributed by atoms with Crippen molar-refractivity contribution in [2.75, 3.05) is 0 Å². The molecule has 0 amide bonds. The summed E-state index contributed by atoms with van der Waals surface area (Å²) in [5.41, 5.74) is 1.04. The molecule has 0 saturated heterocycles. The number of benzene rings is 1. The highest BCUT2D eigenvalue weighted by atomic mass is 16.3. The predicted molar refractivity (Wildman–Crippen MR) is 68.0 cm³/mol. The number of rotatable bonds is 4. The predicted octanol–water partition coefficient (Wildman–Crippen LogP) is 0.640. The Morgan fingerprint density at radius 2 is 2.06 bits per heavy atom. The molecule has 18 heavy (non-hydrogen) atoms. The van der Waals surface area contributed by atoms with Gasteiger partial charge in [-0.3, -0.25) is 4.99 Å². The van der Waals surface area contributed by atoms with Gasteiger partial charge < -0.3 is 5.11 Å². The molecule has 0 fully saturated rings. The molecule has 0 unspecified atom stereocenters. The topological polar surface area (TPSA) is 44.2 Å². The molecular formula is C14H17N3O. The van der Waals surface area contributed by atoms with Crippen LogP contribution in [-0.2, 0) is 20.1 Å². The van der Waals surface area contributed by atoms with Crippen molar-refractivity contribution in [1.29, 1.82) is 0 Å². The molecule has 1 aromatic carbocycles. The van der Waals surface area contributed by atoms with E-state index in [-0.39, 0.29) is 5.90 Å². The summed E-state index contributed by atoms with van der Waals surface area (Å²) in [6.45, 7) is 3.20. The third-order valence-corrected chi connectivity index (χ3v) is 2.86. The molecule has 94 valence electrons. The van der Waals surface area contributed by atoms with Crippen molar-refractivity contribution >= 4 is 5.90 Å². The van der Waals surface area contributed by atoms with E-state index in [1.165, 1.54) is 0 Å². The zero-order valence-electron chi connectivity index (χ0n) is 10.7. The summed E-state index contributed by atoms with van der Waals surface area (Å²) in [7, 11) is 1.86. The van der Waals surface area contributed by atoms with Gasteiger partial charge in [-0.05, 0) is 12.5 Å². The zero-order valence-corrected chi connectivity index (χ0v) is 10.7. The molecular weight excluding hydrogens is 226 g/mol. The molecule has 0 bridgehead atoms. The Morgan fingerprint density at radius 3 is 2.72 bits per heavy atom. The van der Waals surface area contributed by atoms with Gasteiger partial charge in [0.25, 0.3) is 5.82 Å². The fourth-order valence-corrected chi connectivity index (χ4v) is 1.87. The van der Waals surface area contributed by atoms with Gasteiger partial charge >= 0.3 is 0 Å². The smallest absolute Gasteiger partial charge is 0.291 e. The number of aromatic nitrogens is 2. The van der Waals surface area contributed by atoms with Gasteiger partial charge in [-0.15, -0.1) is 0 Å². The van der Waals surface area contributed by atoms with Crippen LogP contribution in [0.5, 0.6) is 0 Å². The lowest BCUT2D eigenvalue weighted by molar-refractivity contribution is -0.674. The first-order chi connectivity index (χ1) is 8.72. The van der Waals surface area contributed by atoms with E-state index in [1.54, 1.807) is 4.57 Å². The van der Waals surface area contributed by atoms with E-state index in [2.05, 4.69) is 4.99 Å². The van der Waals surface area contributed by atoms with Crippen LogP contribution in [0, 0.1) is 0 Å². The SMILES string of the molecule is CCn1cc[n+](C)c1/C([O-])=N/Cc1ccccc1. The molecule has 4 heteroatoms. The fourth-order valence-electron chi connectivity index (χ4n) is 1.87. The first-order valence-corrected chi connectivity index (χ1v) is 6.03. The molecule has 0 saturated carbocycles. The maximum absolute atomic E-state index is 12.1. The molecule has 0 atom stereocenters. The number of hydrogen-bond acceptors (Lipinski definition) is 2. The van der Waals surface area contributed by atoms with Gasteiger partial charge in [0.15, 0.2) is 0 Å². The minimum absolute atomic E-state index is 0.173. The van der Waals surface area contributed by atoms with Crippen molar-refractivity contribution < 1.29 is 9.67 Å². The monoisotopic (exact) mass is 243 g/mol. The number of hydrogen-bond donors (Lipinski definition) is 0. The average Bonchev–Trinajstić information content (AvgIpc) is 2.78. The van der Waals surface area contributed by atoms with Gasteiger partial charge in [-0.1, -0.05) is 30.3 Å². The van der Waals surface area contributed by atoms with Crippen LogP contribution in [0.3, 0.4) is 0 Å². The summed E-state index contributed by atoms with van der Waals surface area (Å²) in [5.74, 6) is 0.446. The Kier molecular flexibility index (Phi) is 3.77. The number of aliphatic imine (C=N–C) groups is 1. The molecule has 0 spiro atoms. The van der Waals surface area contributed by atoms with Gasteiger partial charge in [-0.25, -0.2) is 9.13 Å². The van der Waals surface area contributed by atoms with Crippen molar-refractivity contribution in [3.8, 4) is 0 Å². The van der Waals surface area contributed by atoms with Crippen molar-refractivity contribution in [2.24, 2.45) is 12.0 Å². The molecule has 4 nitrogen and oxygen atoms in total. The molecule has 0 radical (unpaired) electrons. The van der Waals surface area contributed by atoms with Crippen LogP contribution in [0.25, 0.3) is 0 Å². The fraction of sp³-hybridized carbons (Fsp3) is 0.286. The minimum Gasteiger partial charge on any atom is -0.853 e. The van der Waals surface area contributed by atoms with Crippen molar-refractivity contribution in [1.82, 2.24) is 4.57 Å². The van der Waals surface area contributed by atoms with E-state index in [0.717, 1.165) is 12.1 Å². The zero-order chi connectivity index (χ0) is 13.0. The summed E-state index contributed by atoms with van der Waals surface area (Å²) in [4.78, 5) is 4.13. The van der Waals surface area contributed by atoms with Crippen LogP contribution in [0.4, 0.5) is 0 Å². The summed E-state index contributed by atoms with van der Waals surface area (Å²) in [5, 5.41) is 12.1. The number of aryl methyl sites for hydroxylation is 2. The molecule has 0 aliphatic carbocycles. The van der Waals surface area contributed by atoms with E-state index in [9.17, 15) is 5.11 Å². The largest absolute Gasteiger partial charge is 0.853 e. The van der Waals surface area contributed by atoms with E-state index in [4.69, 9.17) is 0 Å². The Balaban J connectivity index is 2.20. The second kappa shape index (κ2) is 5.49. The van der Waals surface area contributed by atoms with E-state index in [1.807, 2.05) is 61.3 Å². The minimum atomic E-state index is -0.173. The second-order valence-electron chi connectivity index (χ2n) is 4.13. The lowest BCUT2D eigenvalue weighted by Crippen LogP contribution is -2.40. The van der Waals surface area contributed by atoms with E-state index < -0.39 is 0 Å². The average molecular weight is 243 g/mol. The van der Waals surface area contributed by atoms with Gasteiger partial charge in [0.2, 0.25) is 0 Å². The summed E-state index contributed by atoms with van der Waals surface area (Å²) in [6.07, 6.45) is 3.76. The van der Waals surface area contributed by atoms with Gasteiger partial charge in [-0.2, -0.15) is 0 Å². The molecule has 0 aliphatic rings. The third-order valence-electron chi connectivity index (χ3n) is 2.86. The Bertz CT molecular complexity index is 543. The first kappa shape index (κ1) is 12.4. The van der Waals surface area contributed by atoms with E-state index in [0.29, 0.717) is 12.4 Å². The highest BCUT2D eigenvalue weighted by Crippen LogP contribution is 2.01. The molecule has 1 aromatic heterocycles. The normalized spacial score (nSPS) is 11.8. The van der Waals surface area contributed by atoms with Gasteiger partial charge in [0.1, 0.15) is 12.4 Å². The first-order valence-electron chi connectivity index (χ1n) is 6.03. The Labute approximate surface area is 107 Å². The molecule has 2 rings (SSSR count). The number of nitrogens with zero attached hydrogens (tertiary/aromatic N) is 3. The number of imidazole rings is 1. The van der Waals surface area contributed by atoms with Gasteiger partial charge in [0.05, 0.1) is 26.0 Å². The lowest BCUT2D eigenvalue weighted by atomic mass is 10.2. The summed E-state index contributed by atoms with van der Waals surface area (Å²) < 4.78 is 3.71. The van der Waals surface area contributed by atoms with Crippen molar-refractivity contribution in [3.05, 3.63) is 54.1 Å². The molecule has 0 aliphatic heterocycles. The van der Waals surface area contributed by atoms with Crippen molar-refractivity contribution in [2.45, 2.75) is 20.0 Å². The highest BCUT2D eigenvalue weighted by molar-refractivity contribution is 5.85. The standard InChI is InChI=1S/C14H17N3O/c1-3-17-10-9-16(2)14(17)13(18)15-11-12-7-5-4-6-8-12/h4-10H,3,11H2,1-2H3. The van der Waals surface area contributed by atoms with Crippen LogP contribution in [0.2, 0.25) is 0 Å². The maximum atomic E-state index is 12.1.